The van der Waals surface area contributed by atoms with E-state index in [4.69, 9.17) is 14.2 Å². The fourth-order valence-corrected chi connectivity index (χ4v) is 2.24. The molecule has 0 atom stereocenters. The summed E-state index contributed by atoms with van der Waals surface area (Å²) in [6.45, 7) is 2.77. The Morgan fingerprint density at radius 3 is 2.83 bits per heavy atom. The van der Waals surface area contributed by atoms with Crippen molar-refractivity contribution in [2.75, 3.05) is 19.9 Å². The van der Waals surface area contributed by atoms with E-state index < -0.39 is 5.97 Å². The largest absolute Gasteiger partial charge is 0.460 e. The lowest BCUT2D eigenvalue weighted by atomic mass is 10.1. The molecule has 0 unspecified atom stereocenters. The van der Waals surface area contributed by atoms with Gasteiger partial charge in [-0.15, -0.1) is 0 Å². The number of unbranched alkanes of at least 4 members (excludes halogenated alkanes) is 3. The molecule has 0 saturated heterocycles. The lowest BCUT2D eigenvalue weighted by molar-refractivity contribution is -0.121. The number of carbonyl (C=O) groups excluding carboxylic acids is 2. The van der Waals surface area contributed by atoms with Gasteiger partial charge in [-0.05, 0) is 24.6 Å². The first-order valence-corrected chi connectivity index (χ1v) is 8.04. The van der Waals surface area contributed by atoms with Crippen molar-refractivity contribution in [1.82, 2.24) is 5.32 Å². The van der Waals surface area contributed by atoms with Gasteiger partial charge in [-0.25, -0.2) is 4.79 Å². The minimum Gasteiger partial charge on any atom is -0.460 e. The number of carbonyl (C=O) groups is 2. The fraction of sp³-hybridized carbons (Fsp3) is 0.529. The summed E-state index contributed by atoms with van der Waals surface area (Å²) in [4.78, 5) is 23.5. The molecule has 1 aliphatic rings. The molecule has 23 heavy (non-hydrogen) atoms. The molecule has 1 aromatic carbocycles. The van der Waals surface area contributed by atoms with Crippen LogP contribution < -0.4 is 14.8 Å². The Kier molecular flexibility index (Phi) is 6.72. The molecular formula is C17H23NO5. The number of nitrogens with one attached hydrogen (secondary N) is 1. The average Bonchev–Trinajstić information content (AvgIpc) is 3.03. The summed E-state index contributed by atoms with van der Waals surface area (Å²) in [5.74, 6) is 0.720. The summed E-state index contributed by atoms with van der Waals surface area (Å²) in [6, 6.07) is 4.90. The van der Waals surface area contributed by atoms with E-state index in [1.165, 1.54) is 0 Å². The maximum atomic E-state index is 11.9. The molecule has 1 aliphatic heterocycles. The third-order valence-electron chi connectivity index (χ3n) is 3.52. The second-order valence-electron chi connectivity index (χ2n) is 5.36. The smallest absolute Gasteiger partial charge is 0.338 e. The normalized spacial score (nSPS) is 12.0. The standard InChI is InChI=1S/C17H23NO5/c1-2-3-4-5-6-16(19)18-9-10-21-17(20)13-7-8-14-15(11-13)23-12-22-14/h7-8,11H,2-6,9-10,12H2,1H3,(H,18,19). The second-order valence-corrected chi connectivity index (χ2v) is 5.36. The van der Waals surface area contributed by atoms with Gasteiger partial charge < -0.3 is 19.5 Å². The van der Waals surface area contributed by atoms with Crippen molar-refractivity contribution in [2.24, 2.45) is 0 Å². The molecule has 6 heteroatoms. The van der Waals surface area contributed by atoms with Gasteiger partial charge in [0.1, 0.15) is 6.61 Å². The van der Waals surface area contributed by atoms with Crippen molar-refractivity contribution in [3.8, 4) is 11.5 Å². The number of fused-ring (bicyclic) bond motifs is 1. The summed E-state index contributed by atoms with van der Waals surface area (Å²) in [5.41, 5.74) is 0.403. The number of benzene rings is 1. The Morgan fingerprint density at radius 2 is 2.00 bits per heavy atom. The van der Waals surface area contributed by atoms with Crippen LogP contribution in [0.2, 0.25) is 0 Å². The third-order valence-corrected chi connectivity index (χ3v) is 3.52. The zero-order chi connectivity index (χ0) is 16.5. The van der Waals surface area contributed by atoms with Crippen LogP contribution in [-0.4, -0.2) is 31.8 Å². The number of esters is 1. The Balaban J connectivity index is 1.62. The molecule has 1 aromatic rings. The van der Waals surface area contributed by atoms with E-state index in [1.54, 1.807) is 18.2 Å². The quantitative estimate of drug-likeness (QED) is 0.559. The topological polar surface area (TPSA) is 73.9 Å². The number of ether oxygens (including phenoxy) is 3. The minimum absolute atomic E-state index is 0.000214. The summed E-state index contributed by atoms with van der Waals surface area (Å²) in [5, 5.41) is 2.75. The highest BCUT2D eigenvalue weighted by atomic mass is 16.7. The van der Waals surface area contributed by atoms with Gasteiger partial charge in [-0.2, -0.15) is 0 Å². The summed E-state index contributed by atoms with van der Waals surface area (Å²) < 4.78 is 15.5. The summed E-state index contributed by atoms with van der Waals surface area (Å²) in [6.07, 6.45) is 4.80. The Labute approximate surface area is 136 Å². The van der Waals surface area contributed by atoms with E-state index in [2.05, 4.69) is 12.2 Å². The van der Waals surface area contributed by atoms with Gasteiger partial charge >= 0.3 is 5.97 Å². The number of amides is 1. The van der Waals surface area contributed by atoms with Gasteiger partial charge in [0.2, 0.25) is 12.7 Å². The van der Waals surface area contributed by atoms with Crippen LogP contribution in [0.1, 0.15) is 49.4 Å². The van der Waals surface area contributed by atoms with Crippen molar-refractivity contribution in [3.63, 3.8) is 0 Å². The lowest BCUT2D eigenvalue weighted by Gasteiger charge is -2.07. The molecule has 0 bridgehead atoms. The molecular weight excluding hydrogens is 298 g/mol. The Morgan fingerprint density at radius 1 is 1.17 bits per heavy atom. The first kappa shape index (κ1) is 17.1. The molecule has 0 spiro atoms. The van der Waals surface area contributed by atoms with Crippen molar-refractivity contribution >= 4 is 11.9 Å². The SMILES string of the molecule is CCCCCCC(=O)NCCOC(=O)c1ccc2c(c1)OCO2. The highest BCUT2D eigenvalue weighted by molar-refractivity contribution is 5.90. The molecule has 0 radical (unpaired) electrons. The van der Waals surface area contributed by atoms with Crippen molar-refractivity contribution < 1.29 is 23.8 Å². The van der Waals surface area contributed by atoms with E-state index in [1.807, 2.05) is 0 Å². The van der Waals surface area contributed by atoms with Gasteiger partial charge in [0.05, 0.1) is 12.1 Å². The van der Waals surface area contributed by atoms with Crippen LogP contribution >= 0.6 is 0 Å². The Hall–Kier alpha value is -2.24. The molecule has 0 saturated carbocycles. The predicted octanol–water partition coefficient (Wildman–Crippen LogP) is 2.66. The van der Waals surface area contributed by atoms with Crippen LogP contribution in [0.15, 0.2) is 18.2 Å². The summed E-state index contributed by atoms with van der Waals surface area (Å²) in [7, 11) is 0. The monoisotopic (exact) mass is 321 g/mol. The maximum Gasteiger partial charge on any atom is 0.338 e. The summed E-state index contributed by atoms with van der Waals surface area (Å²) >= 11 is 0. The fourth-order valence-electron chi connectivity index (χ4n) is 2.24. The average molecular weight is 321 g/mol. The first-order valence-electron chi connectivity index (χ1n) is 8.04. The number of hydrogen-bond acceptors (Lipinski definition) is 5. The van der Waals surface area contributed by atoms with Crippen LogP contribution in [0.4, 0.5) is 0 Å². The van der Waals surface area contributed by atoms with E-state index in [0.717, 1.165) is 25.7 Å². The van der Waals surface area contributed by atoms with Gasteiger partial charge in [-0.1, -0.05) is 26.2 Å². The molecule has 1 N–H and O–H groups in total. The highest BCUT2D eigenvalue weighted by Crippen LogP contribution is 2.32. The van der Waals surface area contributed by atoms with E-state index in [9.17, 15) is 9.59 Å². The van der Waals surface area contributed by atoms with Crippen molar-refractivity contribution in [1.29, 1.82) is 0 Å². The van der Waals surface area contributed by atoms with E-state index >= 15 is 0 Å². The van der Waals surface area contributed by atoms with Crippen LogP contribution in [0.5, 0.6) is 11.5 Å². The van der Waals surface area contributed by atoms with Gasteiger partial charge in [0.15, 0.2) is 11.5 Å². The zero-order valence-electron chi connectivity index (χ0n) is 13.4. The maximum absolute atomic E-state index is 11.9. The lowest BCUT2D eigenvalue weighted by Crippen LogP contribution is -2.27. The molecule has 126 valence electrons. The molecule has 0 aromatic heterocycles. The molecule has 1 amide bonds. The van der Waals surface area contributed by atoms with Gasteiger partial charge in [0, 0.05) is 6.42 Å². The van der Waals surface area contributed by atoms with Gasteiger partial charge in [0.25, 0.3) is 0 Å². The second kappa shape index (κ2) is 9.02. The number of rotatable bonds is 9. The van der Waals surface area contributed by atoms with Crippen LogP contribution in [0, 0.1) is 0 Å². The molecule has 0 aliphatic carbocycles. The first-order chi connectivity index (χ1) is 11.2. The third kappa shape index (κ3) is 5.47. The Bertz CT molecular complexity index is 544. The zero-order valence-corrected chi connectivity index (χ0v) is 13.4. The predicted molar refractivity (Wildman–Crippen MR) is 84.6 cm³/mol. The number of hydrogen-bond donors (Lipinski definition) is 1. The minimum atomic E-state index is -0.444. The van der Waals surface area contributed by atoms with Gasteiger partial charge in [-0.3, -0.25) is 4.79 Å². The highest BCUT2D eigenvalue weighted by Gasteiger charge is 2.16. The van der Waals surface area contributed by atoms with E-state index in [-0.39, 0.29) is 19.3 Å². The van der Waals surface area contributed by atoms with Crippen molar-refractivity contribution in [3.05, 3.63) is 23.8 Å². The molecule has 0 fully saturated rings. The van der Waals surface area contributed by atoms with E-state index in [0.29, 0.717) is 30.0 Å². The molecule has 6 nitrogen and oxygen atoms in total. The van der Waals surface area contributed by atoms with Crippen LogP contribution in [-0.2, 0) is 9.53 Å². The van der Waals surface area contributed by atoms with Crippen LogP contribution in [0.3, 0.4) is 0 Å². The molecule has 1 heterocycles. The van der Waals surface area contributed by atoms with Crippen LogP contribution in [0.25, 0.3) is 0 Å². The van der Waals surface area contributed by atoms with Crippen molar-refractivity contribution in [2.45, 2.75) is 39.0 Å². The molecule has 2 rings (SSSR count).